The maximum Gasteiger partial charge on any atom is 0.225 e. The molecule has 0 aliphatic heterocycles. The summed E-state index contributed by atoms with van der Waals surface area (Å²) in [7, 11) is 0. The lowest BCUT2D eigenvalue weighted by Crippen LogP contribution is -2.26. The molecule has 0 spiro atoms. The Hall–Kier alpha value is -1.57. The first-order valence-corrected chi connectivity index (χ1v) is 5.69. The maximum absolute atomic E-state index is 11.5. The second kappa shape index (κ2) is 6.24. The molecule has 0 aliphatic rings. The normalized spacial score (nSPS) is 11.6. The molecule has 4 nitrogen and oxygen atoms in total. The molecule has 1 aromatic rings. The molecule has 0 aromatic heterocycles. The third-order valence-corrected chi connectivity index (χ3v) is 2.66. The number of nitrogens with zero attached hydrogens (tertiary/aromatic N) is 1. The van der Waals surface area contributed by atoms with Crippen molar-refractivity contribution in [2.24, 2.45) is 5.73 Å². The SMILES string of the molecule is CCC(N)CC(=O)Nc1ccc(C#N)c(Cl)c1. The van der Waals surface area contributed by atoms with Gasteiger partial charge in [-0.1, -0.05) is 18.5 Å². The van der Waals surface area contributed by atoms with Gasteiger partial charge >= 0.3 is 0 Å². The van der Waals surface area contributed by atoms with E-state index in [-0.39, 0.29) is 18.4 Å². The van der Waals surface area contributed by atoms with E-state index in [0.29, 0.717) is 16.3 Å². The van der Waals surface area contributed by atoms with Gasteiger partial charge in [0.2, 0.25) is 5.91 Å². The number of rotatable bonds is 4. The number of amides is 1. The van der Waals surface area contributed by atoms with Crippen LogP contribution in [0.15, 0.2) is 18.2 Å². The maximum atomic E-state index is 11.5. The third kappa shape index (κ3) is 4.06. The summed E-state index contributed by atoms with van der Waals surface area (Å²) in [5.41, 5.74) is 6.63. The highest BCUT2D eigenvalue weighted by Crippen LogP contribution is 2.20. The summed E-state index contributed by atoms with van der Waals surface area (Å²) in [5.74, 6) is -0.153. The minimum atomic E-state index is -0.153. The van der Waals surface area contributed by atoms with Crippen molar-refractivity contribution in [2.75, 3.05) is 5.32 Å². The van der Waals surface area contributed by atoms with Crippen LogP contribution >= 0.6 is 11.6 Å². The molecule has 1 atom stereocenters. The second-order valence-electron chi connectivity index (χ2n) is 3.73. The molecule has 0 fully saturated rings. The Morgan fingerprint density at radius 2 is 2.35 bits per heavy atom. The number of hydrogen-bond donors (Lipinski definition) is 2. The van der Waals surface area contributed by atoms with Gasteiger partial charge in [-0.05, 0) is 24.6 Å². The molecule has 1 amide bonds. The van der Waals surface area contributed by atoms with Crippen LogP contribution in [0.4, 0.5) is 5.69 Å². The Kier molecular flexibility index (Phi) is 4.95. The lowest BCUT2D eigenvalue weighted by molar-refractivity contribution is -0.116. The van der Waals surface area contributed by atoms with Crippen molar-refractivity contribution in [1.29, 1.82) is 5.26 Å². The number of carbonyl (C=O) groups excluding carboxylic acids is 1. The molecule has 1 unspecified atom stereocenters. The van der Waals surface area contributed by atoms with Gasteiger partial charge in [0.05, 0.1) is 10.6 Å². The predicted octanol–water partition coefficient (Wildman–Crippen LogP) is 2.28. The summed E-state index contributed by atoms with van der Waals surface area (Å²) in [6.07, 6.45) is 1.02. The molecule has 17 heavy (non-hydrogen) atoms. The fourth-order valence-corrected chi connectivity index (χ4v) is 1.50. The number of anilines is 1. The predicted molar refractivity (Wildman–Crippen MR) is 67.7 cm³/mol. The van der Waals surface area contributed by atoms with E-state index in [0.717, 1.165) is 6.42 Å². The minimum Gasteiger partial charge on any atom is -0.327 e. The number of nitrogens with two attached hydrogens (primary N) is 1. The molecular formula is C12H14ClN3O. The van der Waals surface area contributed by atoms with Crippen LogP contribution in [0, 0.1) is 11.3 Å². The second-order valence-corrected chi connectivity index (χ2v) is 4.13. The molecular weight excluding hydrogens is 238 g/mol. The van der Waals surface area contributed by atoms with E-state index in [4.69, 9.17) is 22.6 Å². The van der Waals surface area contributed by atoms with Gasteiger partial charge in [0.1, 0.15) is 6.07 Å². The average molecular weight is 252 g/mol. The zero-order chi connectivity index (χ0) is 12.8. The van der Waals surface area contributed by atoms with Crippen molar-refractivity contribution >= 4 is 23.2 Å². The van der Waals surface area contributed by atoms with E-state index < -0.39 is 0 Å². The highest BCUT2D eigenvalue weighted by Gasteiger charge is 2.08. The Labute approximate surface area is 105 Å². The number of hydrogen-bond acceptors (Lipinski definition) is 3. The standard InChI is InChI=1S/C12H14ClN3O/c1-2-9(15)5-12(17)16-10-4-3-8(7-14)11(13)6-10/h3-4,6,9H,2,5,15H2,1H3,(H,16,17). The highest BCUT2D eigenvalue weighted by atomic mass is 35.5. The summed E-state index contributed by atoms with van der Waals surface area (Å²) < 4.78 is 0. The topological polar surface area (TPSA) is 78.9 Å². The number of halogens is 1. The van der Waals surface area contributed by atoms with E-state index in [1.165, 1.54) is 0 Å². The number of carbonyl (C=O) groups is 1. The Balaban J connectivity index is 2.67. The van der Waals surface area contributed by atoms with Crippen LogP contribution in [0.1, 0.15) is 25.3 Å². The first kappa shape index (κ1) is 13.5. The van der Waals surface area contributed by atoms with Crippen LogP contribution in [0.5, 0.6) is 0 Å². The van der Waals surface area contributed by atoms with Crippen LogP contribution in [0.25, 0.3) is 0 Å². The van der Waals surface area contributed by atoms with Crippen LogP contribution in [0.3, 0.4) is 0 Å². The number of benzene rings is 1. The van der Waals surface area contributed by atoms with E-state index in [9.17, 15) is 4.79 Å². The average Bonchev–Trinajstić information content (AvgIpc) is 2.29. The molecule has 5 heteroatoms. The highest BCUT2D eigenvalue weighted by molar-refractivity contribution is 6.32. The molecule has 1 aromatic carbocycles. The van der Waals surface area contributed by atoms with E-state index >= 15 is 0 Å². The zero-order valence-electron chi connectivity index (χ0n) is 9.53. The molecule has 0 aliphatic carbocycles. The minimum absolute atomic E-state index is 0.135. The van der Waals surface area contributed by atoms with Crippen LogP contribution in [-0.4, -0.2) is 11.9 Å². The molecule has 3 N–H and O–H groups in total. The largest absolute Gasteiger partial charge is 0.327 e. The smallest absolute Gasteiger partial charge is 0.225 e. The van der Waals surface area contributed by atoms with Gasteiger partial charge in [-0.15, -0.1) is 0 Å². The van der Waals surface area contributed by atoms with Gasteiger partial charge in [0.25, 0.3) is 0 Å². The van der Waals surface area contributed by atoms with Gasteiger partial charge in [0, 0.05) is 18.2 Å². The van der Waals surface area contributed by atoms with Crippen molar-refractivity contribution in [3.05, 3.63) is 28.8 Å². The van der Waals surface area contributed by atoms with Crippen LogP contribution in [-0.2, 0) is 4.79 Å². The Bertz CT molecular complexity index is 454. The van der Waals surface area contributed by atoms with Gasteiger partial charge in [-0.25, -0.2) is 0 Å². The van der Waals surface area contributed by atoms with Crippen LogP contribution < -0.4 is 11.1 Å². The quantitative estimate of drug-likeness (QED) is 0.862. The first-order valence-electron chi connectivity index (χ1n) is 5.32. The monoisotopic (exact) mass is 251 g/mol. The van der Waals surface area contributed by atoms with Gasteiger partial charge in [-0.2, -0.15) is 5.26 Å². The van der Waals surface area contributed by atoms with Gasteiger partial charge in [0.15, 0.2) is 0 Å². The summed E-state index contributed by atoms with van der Waals surface area (Å²) in [4.78, 5) is 11.5. The summed E-state index contributed by atoms with van der Waals surface area (Å²) in [6.45, 7) is 1.93. The van der Waals surface area contributed by atoms with Crippen molar-refractivity contribution in [1.82, 2.24) is 0 Å². The van der Waals surface area contributed by atoms with E-state index in [1.54, 1.807) is 18.2 Å². The van der Waals surface area contributed by atoms with Crippen molar-refractivity contribution in [2.45, 2.75) is 25.8 Å². The van der Waals surface area contributed by atoms with E-state index in [1.807, 2.05) is 13.0 Å². The molecule has 0 bridgehead atoms. The Morgan fingerprint density at radius 3 is 2.88 bits per heavy atom. The van der Waals surface area contributed by atoms with E-state index in [2.05, 4.69) is 5.32 Å². The molecule has 0 heterocycles. The zero-order valence-corrected chi connectivity index (χ0v) is 10.3. The summed E-state index contributed by atoms with van der Waals surface area (Å²) in [5, 5.41) is 11.7. The van der Waals surface area contributed by atoms with Crippen molar-refractivity contribution < 1.29 is 4.79 Å². The fourth-order valence-electron chi connectivity index (χ4n) is 1.28. The molecule has 90 valence electrons. The Morgan fingerprint density at radius 1 is 1.65 bits per heavy atom. The van der Waals surface area contributed by atoms with Crippen molar-refractivity contribution in [3.63, 3.8) is 0 Å². The van der Waals surface area contributed by atoms with Gasteiger partial charge in [-0.3, -0.25) is 4.79 Å². The van der Waals surface area contributed by atoms with Crippen LogP contribution in [0.2, 0.25) is 5.02 Å². The van der Waals surface area contributed by atoms with Gasteiger partial charge < -0.3 is 11.1 Å². The lowest BCUT2D eigenvalue weighted by atomic mass is 10.1. The molecule has 0 saturated carbocycles. The lowest BCUT2D eigenvalue weighted by Gasteiger charge is -2.09. The third-order valence-electron chi connectivity index (χ3n) is 2.35. The molecule has 1 rings (SSSR count). The molecule has 0 saturated heterocycles. The number of nitriles is 1. The summed E-state index contributed by atoms with van der Waals surface area (Å²) >= 11 is 5.85. The van der Waals surface area contributed by atoms with Crippen molar-refractivity contribution in [3.8, 4) is 6.07 Å². The summed E-state index contributed by atoms with van der Waals surface area (Å²) in [6, 6.07) is 6.57. The fraction of sp³-hybridized carbons (Fsp3) is 0.333. The number of nitrogens with one attached hydrogen (secondary N) is 1. The molecule has 0 radical (unpaired) electrons. The first-order chi connectivity index (χ1) is 8.06.